The molecule has 0 spiro atoms. The predicted molar refractivity (Wildman–Crippen MR) is 86.1 cm³/mol. The molecule has 0 aromatic rings. The molecule has 0 aromatic heterocycles. The zero-order chi connectivity index (χ0) is 14.7. The Bertz CT molecular complexity index is 357. The molecule has 3 nitrogen and oxygen atoms in total. The number of fused-ring (bicyclic) bond motifs is 1. The van der Waals surface area contributed by atoms with Crippen LogP contribution in [0, 0.1) is 11.8 Å². The van der Waals surface area contributed by atoms with Crippen LogP contribution in [0.1, 0.15) is 77.6 Å². The standard InChI is InChI=1S/C18H32N2O/c1-2-13-6-5-8-15(12-13)19-18(21)17-11-10-14-7-3-4-9-16(14)20-17/h13-17,20H,2-12H2,1H3,(H,19,21). The zero-order valence-electron chi connectivity index (χ0n) is 13.6. The third-order valence-corrected chi connectivity index (χ3v) is 6.17. The van der Waals surface area contributed by atoms with Crippen molar-refractivity contribution in [2.75, 3.05) is 0 Å². The van der Waals surface area contributed by atoms with Gasteiger partial charge in [0.15, 0.2) is 0 Å². The van der Waals surface area contributed by atoms with Gasteiger partial charge >= 0.3 is 0 Å². The van der Waals surface area contributed by atoms with Crippen molar-refractivity contribution in [3.05, 3.63) is 0 Å². The minimum absolute atomic E-state index is 0.0753. The van der Waals surface area contributed by atoms with E-state index in [2.05, 4.69) is 17.6 Å². The second-order valence-corrected chi connectivity index (χ2v) is 7.59. The highest BCUT2D eigenvalue weighted by atomic mass is 16.2. The number of amides is 1. The number of hydrogen-bond donors (Lipinski definition) is 2. The number of carbonyl (C=O) groups excluding carboxylic acids is 1. The second-order valence-electron chi connectivity index (χ2n) is 7.59. The van der Waals surface area contributed by atoms with Crippen molar-refractivity contribution in [3.8, 4) is 0 Å². The van der Waals surface area contributed by atoms with Crippen molar-refractivity contribution >= 4 is 5.91 Å². The van der Waals surface area contributed by atoms with Crippen LogP contribution in [0.4, 0.5) is 0 Å². The van der Waals surface area contributed by atoms with Crippen molar-refractivity contribution in [1.29, 1.82) is 0 Å². The summed E-state index contributed by atoms with van der Waals surface area (Å²) in [6.07, 6.45) is 13.9. The highest BCUT2D eigenvalue weighted by Gasteiger charge is 2.35. The third-order valence-electron chi connectivity index (χ3n) is 6.17. The highest BCUT2D eigenvalue weighted by molar-refractivity contribution is 5.82. The number of rotatable bonds is 3. The second kappa shape index (κ2) is 7.13. The van der Waals surface area contributed by atoms with Gasteiger partial charge in [-0.3, -0.25) is 4.79 Å². The molecule has 3 heteroatoms. The van der Waals surface area contributed by atoms with Crippen molar-refractivity contribution in [2.24, 2.45) is 11.8 Å². The van der Waals surface area contributed by atoms with E-state index in [1.54, 1.807) is 0 Å². The summed E-state index contributed by atoms with van der Waals surface area (Å²) in [5.41, 5.74) is 0. The quantitative estimate of drug-likeness (QED) is 0.837. The van der Waals surface area contributed by atoms with Crippen LogP contribution in [0.2, 0.25) is 0 Å². The highest BCUT2D eigenvalue weighted by Crippen LogP contribution is 2.32. The lowest BCUT2D eigenvalue weighted by atomic mass is 9.77. The average molecular weight is 292 g/mol. The predicted octanol–water partition coefficient (Wildman–Crippen LogP) is 3.38. The fourth-order valence-corrected chi connectivity index (χ4v) is 4.80. The summed E-state index contributed by atoms with van der Waals surface area (Å²) < 4.78 is 0. The summed E-state index contributed by atoms with van der Waals surface area (Å²) >= 11 is 0. The summed E-state index contributed by atoms with van der Waals surface area (Å²) in [6.45, 7) is 2.28. The number of carbonyl (C=O) groups is 1. The number of nitrogens with one attached hydrogen (secondary N) is 2. The van der Waals surface area contributed by atoms with Gasteiger partial charge in [0.2, 0.25) is 5.91 Å². The van der Waals surface area contributed by atoms with E-state index >= 15 is 0 Å². The average Bonchev–Trinajstić information content (AvgIpc) is 2.54. The molecule has 2 N–H and O–H groups in total. The van der Waals surface area contributed by atoms with Crippen molar-refractivity contribution in [3.63, 3.8) is 0 Å². The van der Waals surface area contributed by atoms with Gasteiger partial charge in [-0.25, -0.2) is 0 Å². The van der Waals surface area contributed by atoms with E-state index in [4.69, 9.17) is 0 Å². The molecular weight excluding hydrogens is 260 g/mol. The van der Waals surface area contributed by atoms with Crippen LogP contribution in [0.25, 0.3) is 0 Å². The molecule has 1 saturated heterocycles. The zero-order valence-corrected chi connectivity index (χ0v) is 13.6. The molecule has 5 atom stereocenters. The third kappa shape index (κ3) is 3.80. The fourth-order valence-electron chi connectivity index (χ4n) is 4.80. The maximum absolute atomic E-state index is 12.6. The minimum Gasteiger partial charge on any atom is -0.352 e. The van der Waals surface area contributed by atoms with Crippen LogP contribution in [0.5, 0.6) is 0 Å². The molecule has 0 bridgehead atoms. The Kier molecular flexibility index (Phi) is 5.20. The molecule has 5 unspecified atom stereocenters. The molecule has 0 radical (unpaired) electrons. The van der Waals surface area contributed by atoms with E-state index in [0.29, 0.717) is 12.1 Å². The molecule has 1 aliphatic heterocycles. The first-order valence-electron chi connectivity index (χ1n) is 9.32. The van der Waals surface area contributed by atoms with Gasteiger partial charge in [0.05, 0.1) is 6.04 Å². The Hall–Kier alpha value is -0.570. The molecular formula is C18H32N2O. The first-order chi connectivity index (χ1) is 10.3. The van der Waals surface area contributed by atoms with Gasteiger partial charge in [-0.1, -0.05) is 39.0 Å². The normalized spacial score (nSPS) is 40.3. The van der Waals surface area contributed by atoms with E-state index in [0.717, 1.165) is 18.3 Å². The van der Waals surface area contributed by atoms with Gasteiger partial charge in [-0.15, -0.1) is 0 Å². The Morgan fingerprint density at radius 1 is 1.05 bits per heavy atom. The molecule has 1 heterocycles. The van der Waals surface area contributed by atoms with E-state index in [-0.39, 0.29) is 11.9 Å². The number of piperidine rings is 1. The maximum atomic E-state index is 12.6. The molecule has 2 saturated carbocycles. The molecule has 3 rings (SSSR count). The number of hydrogen-bond acceptors (Lipinski definition) is 2. The molecule has 1 amide bonds. The van der Waals surface area contributed by atoms with Gasteiger partial charge in [0, 0.05) is 12.1 Å². The molecule has 3 aliphatic rings. The van der Waals surface area contributed by atoms with Crippen LogP contribution in [-0.2, 0) is 4.79 Å². The van der Waals surface area contributed by atoms with Crippen LogP contribution >= 0.6 is 0 Å². The molecule has 21 heavy (non-hydrogen) atoms. The monoisotopic (exact) mass is 292 g/mol. The van der Waals surface area contributed by atoms with Gasteiger partial charge in [0.25, 0.3) is 0 Å². The molecule has 3 fully saturated rings. The lowest BCUT2D eigenvalue weighted by molar-refractivity contribution is -0.125. The van der Waals surface area contributed by atoms with Crippen molar-refractivity contribution in [2.45, 2.75) is 95.7 Å². The first kappa shape index (κ1) is 15.3. The Labute approximate surface area is 129 Å². The topological polar surface area (TPSA) is 41.1 Å². The largest absolute Gasteiger partial charge is 0.352 e. The van der Waals surface area contributed by atoms with E-state index in [9.17, 15) is 4.79 Å². The summed E-state index contributed by atoms with van der Waals surface area (Å²) in [5.74, 6) is 1.94. The SMILES string of the molecule is CCC1CCCC(NC(=O)C2CCC3CCCCC3N2)C1. The Morgan fingerprint density at radius 2 is 1.90 bits per heavy atom. The van der Waals surface area contributed by atoms with Gasteiger partial charge in [0.1, 0.15) is 0 Å². The summed E-state index contributed by atoms with van der Waals surface area (Å²) in [6, 6.07) is 1.12. The van der Waals surface area contributed by atoms with Crippen molar-refractivity contribution < 1.29 is 4.79 Å². The van der Waals surface area contributed by atoms with Crippen LogP contribution in [0.15, 0.2) is 0 Å². The smallest absolute Gasteiger partial charge is 0.237 e. The van der Waals surface area contributed by atoms with Crippen LogP contribution in [-0.4, -0.2) is 24.0 Å². The van der Waals surface area contributed by atoms with E-state index in [1.165, 1.54) is 64.2 Å². The lowest BCUT2D eigenvalue weighted by Crippen LogP contribution is -2.56. The maximum Gasteiger partial charge on any atom is 0.237 e. The minimum atomic E-state index is 0.0753. The van der Waals surface area contributed by atoms with Crippen LogP contribution in [0.3, 0.4) is 0 Å². The van der Waals surface area contributed by atoms with Gasteiger partial charge in [-0.2, -0.15) is 0 Å². The summed E-state index contributed by atoms with van der Waals surface area (Å²) in [5, 5.41) is 7.00. The molecule has 2 aliphatic carbocycles. The molecule has 120 valence electrons. The Morgan fingerprint density at radius 3 is 2.76 bits per heavy atom. The van der Waals surface area contributed by atoms with Gasteiger partial charge < -0.3 is 10.6 Å². The van der Waals surface area contributed by atoms with Crippen molar-refractivity contribution in [1.82, 2.24) is 10.6 Å². The Balaban J connectivity index is 1.49. The van der Waals surface area contributed by atoms with E-state index < -0.39 is 0 Å². The molecule has 0 aromatic carbocycles. The van der Waals surface area contributed by atoms with Crippen LogP contribution < -0.4 is 10.6 Å². The first-order valence-corrected chi connectivity index (χ1v) is 9.32. The lowest BCUT2D eigenvalue weighted by Gasteiger charge is -2.40. The summed E-state index contributed by atoms with van der Waals surface area (Å²) in [7, 11) is 0. The van der Waals surface area contributed by atoms with Gasteiger partial charge in [-0.05, 0) is 50.4 Å². The summed E-state index contributed by atoms with van der Waals surface area (Å²) in [4.78, 5) is 12.6. The van der Waals surface area contributed by atoms with E-state index in [1.807, 2.05) is 0 Å². The fraction of sp³-hybridized carbons (Fsp3) is 0.944.